The second-order valence-electron chi connectivity index (χ2n) is 6.61. The van der Waals surface area contributed by atoms with Gasteiger partial charge in [-0.15, -0.1) is 10.2 Å². The van der Waals surface area contributed by atoms with Crippen LogP contribution in [0.3, 0.4) is 0 Å². The second-order valence-corrected chi connectivity index (χ2v) is 8.81. The standard InChI is InChI=1S/C19H24N4O3S2/c1-26-15-9-7-13(8-10-15)11-20-16(24)12-27-19-23-22-18(28-19)21-17(25)14-5-3-2-4-6-14/h7-10,14H,2-6,11-12H2,1H3,(H,20,24)(H,21,22,25). The molecule has 1 aliphatic rings. The fraction of sp³-hybridized carbons (Fsp3) is 0.474. The summed E-state index contributed by atoms with van der Waals surface area (Å²) >= 11 is 2.62. The Labute approximate surface area is 172 Å². The number of hydrogen-bond acceptors (Lipinski definition) is 7. The largest absolute Gasteiger partial charge is 0.497 e. The lowest BCUT2D eigenvalue weighted by Crippen LogP contribution is -2.24. The average molecular weight is 421 g/mol. The maximum Gasteiger partial charge on any atom is 0.230 e. The molecular weight excluding hydrogens is 396 g/mol. The van der Waals surface area contributed by atoms with E-state index in [0.717, 1.165) is 37.0 Å². The van der Waals surface area contributed by atoms with E-state index in [0.29, 0.717) is 16.0 Å². The number of ether oxygens (including phenoxy) is 1. The number of rotatable bonds is 8. The van der Waals surface area contributed by atoms with Crippen LogP contribution in [0.15, 0.2) is 28.6 Å². The Morgan fingerprint density at radius 2 is 1.93 bits per heavy atom. The summed E-state index contributed by atoms with van der Waals surface area (Å²) < 4.78 is 5.78. The van der Waals surface area contributed by atoms with Crippen molar-refractivity contribution in [3.8, 4) is 5.75 Å². The molecule has 9 heteroatoms. The minimum Gasteiger partial charge on any atom is -0.497 e. The number of carbonyl (C=O) groups is 2. The third-order valence-corrected chi connectivity index (χ3v) is 6.56. The molecule has 3 rings (SSSR count). The molecule has 1 heterocycles. The molecule has 2 N–H and O–H groups in total. The quantitative estimate of drug-likeness (QED) is 0.502. The van der Waals surface area contributed by atoms with Crippen LogP contribution in [0, 0.1) is 5.92 Å². The molecule has 0 unspecified atom stereocenters. The van der Waals surface area contributed by atoms with Gasteiger partial charge in [-0.25, -0.2) is 0 Å². The Balaban J connectivity index is 1.39. The molecule has 1 aromatic carbocycles. The van der Waals surface area contributed by atoms with Gasteiger partial charge in [0.25, 0.3) is 0 Å². The highest BCUT2D eigenvalue weighted by Gasteiger charge is 2.22. The van der Waals surface area contributed by atoms with Crippen LogP contribution in [-0.2, 0) is 16.1 Å². The SMILES string of the molecule is COc1ccc(CNC(=O)CSc2nnc(NC(=O)C3CCCCC3)s2)cc1. The first-order valence-corrected chi connectivity index (χ1v) is 11.1. The van der Waals surface area contributed by atoms with Crippen LogP contribution in [0.4, 0.5) is 5.13 Å². The topological polar surface area (TPSA) is 93.2 Å². The predicted octanol–water partition coefficient (Wildman–Crippen LogP) is 3.47. The van der Waals surface area contributed by atoms with Crippen LogP contribution in [0.1, 0.15) is 37.7 Å². The minimum absolute atomic E-state index is 0.0321. The molecule has 0 saturated heterocycles. The van der Waals surface area contributed by atoms with Crippen molar-refractivity contribution in [3.63, 3.8) is 0 Å². The molecule has 1 aromatic heterocycles. The molecule has 28 heavy (non-hydrogen) atoms. The number of carbonyl (C=O) groups excluding carboxylic acids is 2. The van der Waals surface area contributed by atoms with E-state index >= 15 is 0 Å². The predicted molar refractivity (Wildman–Crippen MR) is 111 cm³/mol. The van der Waals surface area contributed by atoms with Gasteiger partial charge >= 0.3 is 0 Å². The second kappa shape index (κ2) is 10.4. The minimum atomic E-state index is -0.0798. The van der Waals surface area contributed by atoms with Crippen LogP contribution in [-0.4, -0.2) is 34.9 Å². The van der Waals surface area contributed by atoms with E-state index < -0.39 is 0 Å². The van der Waals surface area contributed by atoms with Crippen LogP contribution in [0.5, 0.6) is 5.75 Å². The Kier molecular flexibility index (Phi) is 7.67. The number of aromatic nitrogens is 2. The number of methoxy groups -OCH3 is 1. The van der Waals surface area contributed by atoms with E-state index in [1.54, 1.807) is 7.11 Å². The maximum atomic E-state index is 12.3. The van der Waals surface area contributed by atoms with Crippen molar-refractivity contribution in [2.24, 2.45) is 5.92 Å². The van der Waals surface area contributed by atoms with E-state index in [1.165, 1.54) is 29.5 Å². The summed E-state index contributed by atoms with van der Waals surface area (Å²) in [6, 6.07) is 7.55. The zero-order valence-corrected chi connectivity index (χ0v) is 17.4. The summed E-state index contributed by atoms with van der Waals surface area (Å²) in [6.45, 7) is 0.461. The molecule has 1 aliphatic carbocycles. The molecule has 150 valence electrons. The van der Waals surface area contributed by atoms with E-state index in [9.17, 15) is 9.59 Å². The Morgan fingerprint density at radius 1 is 1.18 bits per heavy atom. The zero-order valence-electron chi connectivity index (χ0n) is 15.8. The lowest BCUT2D eigenvalue weighted by Gasteiger charge is -2.19. The summed E-state index contributed by atoms with van der Waals surface area (Å²) in [5.41, 5.74) is 1.00. The molecule has 2 aromatic rings. The highest BCUT2D eigenvalue weighted by molar-refractivity contribution is 8.01. The summed E-state index contributed by atoms with van der Waals surface area (Å²) in [6.07, 6.45) is 5.33. The van der Waals surface area contributed by atoms with Gasteiger partial charge in [-0.3, -0.25) is 9.59 Å². The molecule has 2 amide bonds. The third-order valence-electron chi connectivity index (χ3n) is 4.59. The summed E-state index contributed by atoms with van der Waals surface area (Å²) in [4.78, 5) is 24.3. The molecule has 0 spiro atoms. The Bertz CT molecular complexity index is 789. The normalized spacial score (nSPS) is 14.5. The lowest BCUT2D eigenvalue weighted by molar-refractivity contribution is -0.121. The molecule has 0 aliphatic heterocycles. The fourth-order valence-corrected chi connectivity index (χ4v) is 4.60. The average Bonchev–Trinajstić information content (AvgIpc) is 3.19. The number of benzene rings is 1. The zero-order chi connectivity index (χ0) is 19.8. The number of nitrogens with one attached hydrogen (secondary N) is 2. The molecule has 1 saturated carbocycles. The molecular formula is C19H24N4O3S2. The smallest absolute Gasteiger partial charge is 0.230 e. The van der Waals surface area contributed by atoms with E-state index in [-0.39, 0.29) is 23.5 Å². The van der Waals surface area contributed by atoms with Crippen molar-refractivity contribution in [2.45, 2.75) is 43.0 Å². The third kappa shape index (κ3) is 6.20. The summed E-state index contributed by atoms with van der Waals surface area (Å²) in [5.74, 6) is 1.07. The van der Waals surface area contributed by atoms with Gasteiger partial charge in [-0.2, -0.15) is 0 Å². The molecule has 0 bridgehead atoms. The van der Waals surface area contributed by atoms with Crippen molar-refractivity contribution in [3.05, 3.63) is 29.8 Å². The first kappa shape index (κ1) is 20.6. The number of nitrogens with zero attached hydrogens (tertiary/aromatic N) is 2. The van der Waals surface area contributed by atoms with Gasteiger partial charge in [0.15, 0.2) is 4.34 Å². The van der Waals surface area contributed by atoms with Gasteiger partial charge in [-0.1, -0.05) is 54.5 Å². The fourth-order valence-electron chi connectivity index (χ4n) is 3.01. The molecule has 7 nitrogen and oxygen atoms in total. The molecule has 0 atom stereocenters. The highest BCUT2D eigenvalue weighted by atomic mass is 32.2. The number of thioether (sulfide) groups is 1. The van der Waals surface area contributed by atoms with Crippen LogP contribution in [0.2, 0.25) is 0 Å². The molecule has 1 fully saturated rings. The van der Waals surface area contributed by atoms with Gasteiger partial charge in [0.05, 0.1) is 12.9 Å². The van der Waals surface area contributed by atoms with E-state index in [2.05, 4.69) is 20.8 Å². The number of anilines is 1. The number of amides is 2. The van der Waals surface area contributed by atoms with Crippen molar-refractivity contribution >= 4 is 40.0 Å². The van der Waals surface area contributed by atoms with Gasteiger partial charge in [0.1, 0.15) is 5.75 Å². The number of hydrogen-bond donors (Lipinski definition) is 2. The van der Waals surface area contributed by atoms with Crippen LogP contribution >= 0.6 is 23.1 Å². The first-order valence-electron chi connectivity index (χ1n) is 9.31. The van der Waals surface area contributed by atoms with Crippen molar-refractivity contribution < 1.29 is 14.3 Å². The Morgan fingerprint density at radius 3 is 2.64 bits per heavy atom. The van der Waals surface area contributed by atoms with Gasteiger partial charge in [0.2, 0.25) is 16.9 Å². The lowest BCUT2D eigenvalue weighted by atomic mass is 9.89. The van der Waals surface area contributed by atoms with Crippen LogP contribution < -0.4 is 15.4 Å². The first-order chi connectivity index (χ1) is 13.6. The molecule has 0 radical (unpaired) electrons. The van der Waals surface area contributed by atoms with Gasteiger partial charge < -0.3 is 15.4 Å². The summed E-state index contributed by atoms with van der Waals surface area (Å²) in [5, 5.41) is 14.3. The Hall–Kier alpha value is -2.13. The van der Waals surface area contributed by atoms with E-state index in [1.807, 2.05) is 24.3 Å². The van der Waals surface area contributed by atoms with Crippen LogP contribution in [0.25, 0.3) is 0 Å². The summed E-state index contributed by atoms with van der Waals surface area (Å²) in [7, 11) is 1.62. The monoisotopic (exact) mass is 420 g/mol. The van der Waals surface area contributed by atoms with Gasteiger partial charge in [0, 0.05) is 12.5 Å². The highest BCUT2D eigenvalue weighted by Crippen LogP contribution is 2.28. The van der Waals surface area contributed by atoms with Crippen molar-refractivity contribution in [1.29, 1.82) is 0 Å². The van der Waals surface area contributed by atoms with Gasteiger partial charge in [-0.05, 0) is 30.5 Å². The van der Waals surface area contributed by atoms with Crippen molar-refractivity contribution in [1.82, 2.24) is 15.5 Å². The van der Waals surface area contributed by atoms with E-state index in [4.69, 9.17) is 4.74 Å². The van der Waals surface area contributed by atoms with Crippen molar-refractivity contribution in [2.75, 3.05) is 18.2 Å². The maximum absolute atomic E-state index is 12.3.